The van der Waals surface area contributed by atoms with Crippen molar-refractivity contribution in [3.05, 3.63) is 54.1 Å². The number of likely N-dealkylation sites (tertiary alicyclic amines) is 1. The van der Waals surface area contributed by atoms with Gasteiger partial charge in [0.25, 0.3) is 11.8 Å². The molecule has 7 heteroatoms. The normalized spacial score (nSPS) is 21.3. The lowest BCUT2D eigenvalue weighted by Gasteiger charge is -2.45. The molecule has 1 atom stereocenters. The Bertz CT molecular complexity index is 809. The molecule has 136 valence electrons. The Hall–Kier alpha value is -2.67. The number of fused-ring (bicyclic) bond motifs is 2. The van der Waals surface area contributed by atoms with Crippen molar-refractivity contribution in [3.8, 4) is 0 Å². The van der Waals surface area contributed by atoms with Crippen LogP contribution in [0, 0.1) is 0 Å². The third-order valence-electron chi connectivity index (χ3n) is 5.27. The number of carbonyl (C=O) groups excluding carboxylic acids is 2. The molecule has 7 nitrogen and oxygen atoms in total. The topological polar surface area (TPSA) is 76.5 Å². The van der Waals surface area contributed by atoms with E-state index in [9.17, 15) is 9.59 Å². The van der Waals surface area contributed by atoms with E-state index in [1.54, 1.807) is 13.2 Å². The van der Waals surface area contributed by atoms with Crippen molar-refractivity contribution in [1.29, 1.82) is 0 Å². The van der Waals surface area contributed by atoms with Gasteiger partial charge in [0.05, 0.1) is 6.54 Å². The zero-order valence-corrected chi connectivity index (χ0v) is 14.7. The van der Waals surface area contributed by atoms with Crippen LogP contribution in [0.5, 0.6) is 0 Å². The van der Waals surface area contributed by atoms with Gasteiger partial charge >= 0.3 is 0 Å². The summed E-state index contributed by atoms with van der Waals surface area (Å²) in [7, 11) is 1.61. The summed E-state index contributed by atoms with van der Waals surface area (Å²) < 4.78 is 8.25. The van der Waals surface area contributed by atoms with E-state index in [1.165, 1.54) is 0 Å². The molecule has 0 saturated carbocycles. The van der Waals surface area contributed by atoms with Gasteiger partial charge < -0.3 is 19.5 Å². The number of benzene rings is 1. The molecule has 3 heterocycles. The minimum absolute atomic E-state index is 0.0300. The number of aromatic nitrogens is 2. The van der Waals surface area contributed by atoms with Crippen LogP contribution < -0.4 is 5.32 Å². The van der Waals surface area contributed by atoms with Crippen LogP contribution in [0.3, 0.4) is 0 Å². The number of rotatable bonds is 2. The number of imidazole rings is 1. The van der Waals surface area contributed by atoms with E-state index < -0.39 is 11.7 Å². The van der Waals surface area contributed by atoms with Gasteiger partial charge in [-0.2, -0.15) is 0 Å². The number of likely N-dealkylation sites (N-methyl/N-ethyl adjacent to an activating group) is 1. The average molecular weight is 354 g/mol. The van der Waals surface area contributed by atoms with Crippen LogP contribution in [-0.4, -0.2) is 52.5 Å². The van der Waals surface area contributed by atoms with Crippen molar-refractivity contribution in [2.45, 2.75) is 31.1 Å². The average Bonchev–Trinajstić information content (AvgIpc) is 3.18. The van der Waals surface area contributed by atoms with Crippen molar-refractivity contribution in [1.82, 2.24) is 19.8 Å². The predicted molar refractivity (Wildman–Crippen MR) is 94.4 cm³/mol. The lowest BCUT2D eigenvalue weighted by atomic mass is 9.88. The summed E-state index contributed by atoms with van der Waals surface area (Å²) in [6, 6.07) is 9.30. The number of nitrogens with one attached hydrogen (secondary N) is 1. The molecule has 1 N–H and O–H groups in total. The van der Waals surface area contributed by atoms with Gasteiger partial charge in [-0.3, -0.25) is 9.59 Å². The fraction of sp³-hybridized carbons (Fsp3) is 0.421. The fourth-order valence-corrected chi connectivity index (χ4v) is 3.87. The molecule has 1 aromatic heterocycles. The lowest BCUT2D eigenvalue weighted by Crippen LogP contribution is -2.54. The Morgan fingerprint density at radius 2 is 1.96 bits per heavy atom. The number of ether oxygens (including phenoxy) is 1. The van der Waals surface area contributed by atoms with Gasteiger partial charge in [0.2, 0.25) is 0 Å². The number of carbonyl (C=O) groups is 2. The van der Waals surface area contributed by atoms with E-state index in [4.69, 9.17) is 4.74 Å². The molecular weight excluding hydrogens is 332 g/mol. The number of piperidine rings is 1. The van der Waals surface area contributed by atoms with Gasteiger partial charge in [-0.25, -0.2) is 4.98 Å². The summed E-state index contributed by atoms with van der Waals surface area (Å²) in [4.78, 5) is 31.2. The zero-order valence-electron chi connectivity index (χ0n) is 14.7. The number of amides is 2. The number of hydrogen-bond donors (Lipinski definition) is 1. The molecule has 4 rings (SSSR count). The van der Waals surface area contributed by atoms with E-state index >= 15 is 0 Å². The third-order valence-corrected chi connectivity index (χ3v) is 5.27. The van der Waals surface area contributed by atoms with E-state index in [0.29, 0.717) is 38.0 Å². The molecule has 2 aromatic rings. The molecule has 2 aliphatic heterocycles. The molecule has 1 unspecified atom stereocenters. The summed E-state index contributed by atoms with van der Waals surface area (Å²) in [5, 5.41) is 2.67. The maximum atomic E-state index is 12.7. The molecule has 1 saturated heterocycles. The quantitative estimate of drug-likeness (QED) is 0.878. The van der Waals surface area contributed by atoms with Crippen molar-refractivity contribution < 1.29 is 14.3 Å². The third kappa shape index (κ3) is 2.78. The summed E-state index contributed by atoms with van der Waals surface area (Å²) in [5.74, 6) is 0.749. The van der Waals surface area contributed by atoms with Crippen molar-refractivity contribution in [2.24, 2.45) is 0 Å². The molecule has 1 fully saturated rings. The Kier molecular flexibility index (Phi) is 4.24. The first-order chi connectivity index (χ1) is 12.6. The van der Waals surface area contributed by atoms with Crippen molar-refractivity contribution in [2.75, 3.05) is 20.1 Å². The maximum Gasteiger partial charge on any atom is 0.253 e. The molecule has 2 aliphatic rings. The molecule has 1 aromatic carbocycles. The Morgan fingerprint density at radius 3 is 2.65 bits per heavy atom. The monoisotopic (exact) mass is 354 g/mol. The maximum absolute atomic E-state index is 12.7. The zero-order chi connectivity index (χ0) is 18.1. The Balaban J connectivity index is 1.54. The first kappa shape index (κ1) is 16.8. The summed E-state index contributed by atoms with van der Waals surface area (Å²) in [6.07, 6.45) is 4.33. The first-order valence-corrected chi connectivity index (χ1v) is 8.88. The first-order valence-electron chi connectivity index (χ1n) is 8.88. The molecule has 0 radical (unpaired) electrons. The van der Waals surface area contributed by atoms with Gasteiger partial charge in [-0.15, -0.1) is 0 Å². The van der Waals surface area contributed by atoms with Crippen molar-refractivity contribution in [3.63, 3.8) is 0 Å². The fourth-order valence-electron chi connectivity index (χ4n) is 3.87. The largest absolute Gasteiger partial charge is 0.357 e. The lowest BCUT2D eigenvalue weighted by molar-refractivity contribution is -0.171. The summed E-state index contributed by atoms with van der Waals surface area (Å²) >= 11 is 0. The molecule has 1 spiro atoms. The minimum Gasteiger partial charge on any atom is -0.357 e. The Morgan fingerprint density at radius 1 is 1.23 bits per heavy atom. The number of hydrogen-bond acceptors (Lipinski definition) is 4. The van der Waals surface area contributed by atoms with Crippen molar-refractivity contribution >= 4 is 11.8 Å². The smallest absolute Gasteiger partial charge is 0.253 e. The highest BCUT2D eigenvalue weighted by Gasteiger charge is 2.47. The SMILES string of the molecule is CNC(=O)C1Cn2ccnc2C2(CCN(C(=O)c3ccccc3)CC2)O1. The van der Waals surface area contributed by atoms with Crippen LogP contribution in [0.15, 0.2) is 42.7 Å². The van der Waals surface area contributed by atoms with Crippen LogP contribution in [0.1, 0.15) is 29.0 Å². The molecule has 0 aliphatic carbocycles. The van der Waals surface area contributed by atoms with Gasteiger partial charge in [0, 0.05) is 50.9 Å². The molecule has 2 amide bonds. The van der Waals surface area contributed by atoms with Crippen LogP contribution >= 0.6 is 0 Å². The van der Waals surface area contributed by atoms with Crippen LogP contribution in [0.25, 0.3) is 0 Å². The highest BCUT2D eigenvalue weighted by molar-refractivity contribution is 5.94. The van der Waals surface area contributed by atoms with E-state index in [2.05, 4.69) is 10.3 Å². The number of nitrogens with zero attached hydrogens (tertiary/aromatic N) is 3. The molecular formula is C19H22N4O3. The highest BCUT2D eigenvalue weighted by Crippen LogP contribution is 2.40. The molecule has 0 bridgehead atoms. The molecule has 26 heavy (non-hydrogen) atoms. The van der Waals surface area contributed by atoms with E-state index in [1.807, 2.05) is 46.0 Å². The second-order valence-corrected chi connectivity index (χ2v) is 6.78. The highest BCUT2D eigenvalue weighted by atomic mass is 16.5. The van der Waals surface area contributed by atoms with E-state index in [-0.39, 0.29) is 11.8 Å². The standard InChI is InChI=1S/C19H22N4O3/c1-20-16(24)15-13-23-12-9-21-18(23)19(26-15)7-10-22(11-8-19)17(25)14-5-3-2-4-6-14/h2-6,9,12,15H,7-8,10-11,13H2,1H3,(H,20,24). The van der Waals surface area contributed by atoms with Crippen LogP contribution in [0.4, 0.5) is 0 Å². The Labute approximate surface area is 152 Å². The van der Waals surface area contributed by atoms with Gasteiger partial charge in [0.1, 0.15) is 11.4 Å². The second kappa shape index (κ2) is 6.57. The summed E-state index contributed by atoms with van der Waals surface area (Å²) in [5.41, 5.74) is 0.0737. The van der Waals surface area contributed by atoms with Gasteiger partial charge in [0.15, 0.2) is 6.10 Å². The second-order valence-electron chi connectivity index (χ2n) is 6.78. The van der Waals surface area contributed by atoms with Crippen LogP contribution in [0.2, 0.25) is 0 Å². The van der Waals surface area contributed by atoms with E-state index in [0.717, 1.165) is 5.82 Å². The summed E-state index contributed by atoms with van der Waals surface area (Å²) in [6.45, 7) is 1.60. The predicted octanol–water partition coefficient (Wildman–Crippen LogP) is 1.16. The minimum atomic E-state index is -0.619. The van der Waals surface area contributed by atoms with Crippen LogP contribution in [-0.2, 0) is 21.7 Å². The van der Waals surface area contributed by atoms with Gasteiger partial charge in [-0.1, -0.05) is 18.2 Å². The van der Waals surface area contributed by atoms with Gasteiger partial charge in [-0.05, 0) is 12.1 Å².